The Kier molecular flexibility index (Phi) is 4.41. The highest BCUT2D eigenvalue weighted by molar-refractivity contribution is 7.15. The zero-order chi connectivity index (χ0) is 14.7. The third-order valence-corrected chi connectivity index (χ3v) is 4.68. The fourth-order valence-corrected chi connectivity index (χ4v) is 3.26. The quantitative estimate of drug-likeness (QED) is 0.936. The van der Waals surface area contributed by atoms with Gasteiger partial charge in [0.1, 0.15) is 5.01 Å². The Hall–Kier alpha value is -1.59. The molecule has 1 aliphatic heterocycles. The number of rotatable bonds is 4. The molecular weight excluding hydrogens is 284 g/mol. The van der Waals surface area contributed by atoms with Crippen molar-refractivity contribution < 1.29 is 9.47 Å². The summed E-state index contributed by atoms with van der Waals surface area (Å²) in [7, 11) is 0. The Morgan fingerprint density at radius 3 is 2.90 bits per heavy atom. The van der Waals surface area contributed by atoms with E-state index in [0.717, 1.165) is 35.0 Å². The van der Waals surface area contributed by atoms with Crippen molar-refractivity contribution in [1.29, 1.82) is 0 Å². The summed E-state index contributed by atoms with van der Waals surface area (Å²) in [6.07, 6.45) is 2.88. The third-order valence-electron chi connectivity index (χ3n) is 3.46. The molecule has 4 nitrogen and oxygen atoms in total. The first-order valence-electron chi connectivity index (χ1n) is 7.37. The van der Waals surface area contributed by atoms with Crippen LogP contribution in [0.2, 0.25) is 0 Å². The van der Waals surface area contributed by atoms with E-state index in [1.807, 2.05) is 24.4 Å². The van der Waals surface area contributed by atoms with E-state index in [-0.39, 0.29) is 0 Å². The molecule has 1 aromatic heterocycles. The molecule has 1 unspecified atom stereocenters. The van der Waals surface area contributed by atoms with Crippen LogP contribution < -0.4 is 14.8 Å². The molecule has 1 aliphatic rings. The largest absolute Gasteiger partial charge is 0.490 e. The lowest BCUT2D eigenvalue weighted by atomic mass is 10.2. The normalized spacial score (nSPS) is 15.5. The van der Waals surface area contributed by atoms with E-state index in [1.165, 1.54) is 4.88 Å². The summed E-state index contributed by atoms with van der Waals surface area (Å²) >= 11 is 1.72. The van der Waals surface area contributed by atoms with Gasteiger partial charge in [0.15, 0.2) is 11.5 Å². The number of fused-ring (bicyclic) bond motifs is 1. The molecule has 1 N–H and O–H groups in total. The molecule has 1 atom stereocenters. The molecule has 0 saturated carbocycles. The van der Waals surface area contributed by atoms with E-state index >= 15 is 0 Å². The fraction of sp³-hybridized carbons (Fsp3) is 0.438. The van der Waals surface area contributed by atoms with Gasteiger partial charge >= 0.3 is 0 Å². The Morgan fingerprint density at radius 2 is 2.10 bits per heavy atom. The van der Waals surface area contributed by atoms with Crippen LogP contribution in [-0.2, 0) is 0 Å². The van der Waals surface area contributed by atoms with Gasteiger partial charge < -0.3 is 14.8 Å². The molecule has 1 aromatic carbocycles. The van der Waals surface area contributed by atoms with Crippen molar-refractivity contribution in [2.24, 2.45) is 0 Å². The molecular formula is C16H20N2O2S. The summed E-state index contributed by atoms with van der Waals surface area (Å²) < 4.78 is 11.4. The summed E-state index contributed by atoms with van der Waals surface area (Å²) in [5.41, 5.74) is 1.08. The van der Waals surface area contributed by atoms with Crippen molar-refractivity contribution in [2.45, 2.75) is 26.3 Å². The van der Waals surface area contributed by atoms with Crippen LogP contribution in [0.3, 0.4) is 0 Å². The number of hydrogen-bond donors (Lipinski definition) is 1. The topological polar surface area (TPSA) is 43.4 Å². The highest BCUT2D eigenvalue weighted by atomic mass is 32.1. The fourth-order valence-electron chi connectivity index (χ4n) is 2.32. The molecule has 2 heterocycles. The highest BCUT2D eigenvalue weighted by Gasteiger charge is 2.14. The van der Waals surface area contributed by atoms with Gasteiger partial charge in [0, 0.05) is 29.1 Å². The number of benzene rings is 1. The Bertz CT molecular complexity index is 612. The van der Waals surface area contributed by atoms with Crippen LogP contribution in [0.15, 0.2) is 24.4 Å². The van der Waals surface area contributed by atoms with Crippen LogP contribution in [0.25, 0.3) is 10.6 Å². The van der Waals surface area contributed by atoms with Gasteiger partial charge in [-0.15, -0.1) is 11.3 Å². The average Bonchev–Trinajstić information content (AvgIpc) is 2.87. The predicted octanol–water partition coefficient (Wildman–Crippen LogP) is 3.64. The number of ether oxygens (including phenoxy) is 2. The minimum atomic E-state index is 0.335. The second-order valence-electron chi connectivity index (χ2n) is 5.06. The molecule has 0 radical (unpaired) electrons. The maximum Gasteiger partial charge on any atom is 0.161 e. The van der Waals surface area contributed by atoms with Crippen LogP contribution in [0.4, 0.5) is 0 Å². The Balaban J connectivity index is 1.85. The molecule has 2 aromatic rings. The van der Waals surface area contributed by atoms with E-state index in [1.54, 1.807) is 11.3 Å². The van der Waals surface area contributed by atoms with E-state index in [2.05, 4.69) is 24.1 Å². The first-order valence-corrected chi connectivity index (χ1v) is 8.18. The van der Waals surface area contributed by atoms with Gasteiger partial charge in [0.25, 0.3) is 0 Å². The monoisotopic (exact) mass is 304 g/mol. The van der Waals surface area contributed by atoms with Gasteiger partial charge in [-0.1, -0.05) is 6.92 Å². The van der Waals surface area contributed by atoms with E-state index in [9.17, 15) is 0 Å². The Labute approximate surface area is 129 Å². The van der Waals surface area contributed by atoms with Crippen LogP contribution in [-0.4, -0.2) is 24.7 Å². The minimum Gasteiger partial charge on any atom is -0.490 e. The SMILES string of the molecule is CCNC(C)c1cnc(-c2ccc3c(c2)OCCCO3)s1. The summed E-state index contributed by atoms with van der Waals surface area (Å²) in [6, 6.07) is 6.39. The zero-order valence-corrected chi connectivity index (χ0v) is 13.2. The molecule has 5 heteroatoms. The highest BCUT2D eigenvalue weighted by Crippen LogP contribution is 2.36. The Morgan fingerprint density at radius 1 is 1.29 bits per heavy atom. The van der Waals surface area contributed by atoms with Crippen molar-refractivity contribution in [3.05, 3.63) is 29.3 Å². The molecule has 21 heavy (non-hydrogen) atoms. The lowest BCUT2D eigenvalue weighted by Crippen LogP contribution is -2.16. The van der Waals surface area contributed by atoms with Gasteiger partial charge in [0.2, 0.25) is 0 Å². The maximum atomic E-state index is 5.74. The predicted molar refractivity (Wildman–Crippen MR) is 85.2 cm³/mol. The second kappa shape index (κ2) is 6.45. The van der Waals surface area contributed by atoms with Gasteiger partial charge in [-0.3, -0.25) is 0 Å². The van der Waals surface area contributed by atoms with Crippen molar-refractivity contribution in [3.63, 3.8) is 0 Å². The number of aromatic nitrogens is 1. The number of hydrogen-bond acceptors (Lipinski definition) is 5. The number of nitrogens with zero attached hydrogens (tertiary/aromatic N) is 1. The zero-order valence-electron chi connectivity index (χ0n) is 12.4. The lowest BCUT2D eigenvalue weighted by molar-refractivity contribution is 0.297. The smallest absolute Gasteiger partial charge is 0.161 e. The number of thiazole rings is 1. The maximum absolute atomic E-state index is 5.74. The first kappa shape index (κ1) is 14.4. The molecule has 0 spiro atoms. The van der Waals surface area contributed by atoms with Gasteiger partial charge in [-0.25, -0.2) is 4.98 Å². The summed E-state index contributed by atoms with van der Waals surface area (Å²) in [4.78, 5) is 5.79. The van der Waals surface area contributed by atoms with E-state index in [0.29, 0.717) is 19.3 Å². The summed E-state index contributed by atoms with van der Waals surface area (Å²) in [5.74, 6) is 1.65. The van der Waals surface area contributed by atoms with Gasteiger partial charge in [-0.2, -0.15) is 0 Å². The van der Waals surface area contributed by atoms with Crippen LogP contribution in [0.5, 0.6) is 11.5 Å². The molecule has 112 valence electrons. The van der Waals surface area contributed by atoms with E-state index in [4.69, 9.17) is 9.47 Å². The minimum absolute atomic E-state index is 0.335. The second-order valence-corrected chi connectivity index (χ2v) is 6.12. The average molecular weight is 304 g/mol. The van der Waals surface area contributed by atoms with E-state index < -0.39 is 0 Å². The molecule has 0 saturated heterocycles. The number of nitrogens with one attached hydrogen (secondary N) is 1. The van der Waals surface area contributed by atoms with Crippen molar-refractivity contribution in [1.82, 2.24) is 10.3 Å². The molecule has 0 aliphatic carbocycles. The third kappa shape index (κ3) is 3.19. The van der Waals surface area contributed by atoms with Gasteiger partial charge in [0.05, 0.1) is 13.2 Å². The molecule has 0 amide bonds. The van der Waals surface area contributed by atoms with Crippen molar-refractivity contribution in [3.8, 4) is 22.1 Å². The summed E-state index contributed by atoms with van der Waals surface area (Å²) in [6.45, 7) is 6.65. The van der Waals surface area contributed by atoms with Gasteiger partial charge in [-0.05, 0) is 31.7 Å². The molecule has 3 rings (SSSR count). The lowest BCUT2D eigenvalue weighted by Gasteiger charge is -2.09. The van der Waals surface area contributed by atoms with Crippen molar-refractivity contribution >= 4 is 11.3 Å². The molecule has 0 fully saturated rings. The summed E-state index contributed by atoms with van der Waals surface area (Å²) in [5, 5.41) is 4.43. The first-order chi connectivity index (χ1) is 10.3. The van der Waals surface area contributed by atoms with Crippen LogP contribution >= 0.6 is 11.3 Å². The van der Waals surface area contributed by atoms with Crippen LogP contribution in [0, 0.1) is 0 Å². The van der Waals surface area contributed by atoms with Crippen LogP contribution in [0.1, 0.15) is 31.2 Å². The van der Waals surface area contributed by atoms with Crippen molar-refractivity contribution in [2.75, 3.05) is 19.8 Å². The standard InChI is InChI=1S/C16H20N2O2S/c1-3-17-11(2)15-10-18-16(21-15)12-5-6-13-14(9-12)20-8-4-7-19-13/h5-6,9-11,17H,3-4,7-8H2,1-2H3. The molecule has 0 bridgehead atoms.